The summed E-state index contributed by atoms with van der Waals surface area (Å²) < 4.78 is 28.2. The monoisotopic (exact) mass is 605 g/mol. The van der Waals surface area contributed by atoms with Crippen molar-refractivity contribution in [3.05, 3.63) is 113 Å². The van der Waals surface area contributed by atoms with E-state index < -0.39 is 34.1 Å². The number of carbonyl (C=O) groups is 2. The molecule has 42 heavy (non-hydrogen) atoms. The number of amides is 2. The molecule has 0 saturated carbocycles. The average Bonchev–Trinajstić information content (AvgIpc) is 2.95. The fraction of sp³-hybridized carbons (Fsp3) is 0.273. The van der Waals surface area contributed by atoms with E-state index >= 15 is 0 Å². The minimum atomic E-state index is -4.00. The van der Waals surface area contributed by atoms with Gasteiger partial charge in [-0.15, -0.1) is 0 Å². The number of sulfonamides is 1. The van der Waals surface area contributed by atoms with E-state index in [2.05, 4.69) is 5.32 Å². The summed E-state index contributed by atoms with van der Waals surface area (Å²) in [6, 6.07) is 27.9. The molecule has 0 heterocycles. The van der Waals surface area contributed by atoms with Crippen LogP contribution in [0.5, 0.6) is 0 Å². The molecule has 4 rings (SSSR count). The van der Waals surface area contributed by atoms with Crippen LogP contribution in [0.4, 0.5) is 0 Å². The van der Waals surface area contributed by atoms with Gasteiger partial charge in [0.1, 0.15) is 6.04 Å². The Labute approximate surface area is 253 Å². The first-order chi connectivity index (χ1) is 19.8. The molecular formula is C33H36ClN3O4S. The van der Waals surface area contributed by atoms with Crippen LogP contribution in [0, 0.1) is 0 Å². The summed E-state index contributed by atoms with van der Waals surface area (Å²) >= 11 is 6.10. The second-order valence-corrected chi connectivity index (χ2v) is 13.8. The van der Waals surface area contributed by atoms with Crippen molar-refractivity contribution in [2.24, 2.45) is 0 Å². The topological polar surface area (TPSA) is 86.8 Å². The maximum atomic E-state index is 14.0. The van der Waals surface area contributed by atoms with Gasteiger partial charge in [0.2, 0.25) is 21.8 Å². The molecule has 0 radical (unpaired) electrons. The smallest absolute Gasteiger partial charge is 0.243 e. The van der Waals surface area contributed by atoms with Crippen LogP contribution in [0.25, 0.3) is 10.8 Å². The lowest BCUT2D eigenvalue weighted by Crippen LogP contribution is -2.56. The van der Waals surface area contributed by atoms with Gasteiger partial charge in [-0.3, -0.25) is 9.59 Å². The zero-order chi connectivity index (χ0) is 30.5. The molecule has 2 amide bonds. The predicted molar refractivity (Wildman–Crippen MR) is 168 cm³/mol. The SMILES string of the molecule is CN(CC(=O)N(Cc1ccc(Cl)cc1)[C@@H](Cc1ccccc1)C(=O)NC(C)(C)C)S(=O)(=O)c1ccc2ccccc2c1. The van der Waals surface area contributed by atoms with Gasteiger partial charge in [-0.25, -0.2) is 8.42 Å². The molecule has 220 valence electrons. The molecule has 4 aromatic carbocycles. The number of likely N-dealkylation sites (N-methyl/N-ethyl adjacent to an activating group) is 1. The van der Waals surface area contributed by atoms with Gasteiger partial charge < -0.3 is 10.2 Å². The summed E-state index contributed by atoms with van der Waals surface area (Å²) in [6.45, 7) is 5.27. The average molecular weight is 606 g/mol. The van der Waals surface area contributed by atoms with E-state index in [0.29, 0.717) is 5.02 Å². The van der Waals surface area contributed by atoms with Gasteiger partial charge in [0, 0.05) is 30.6 Å². The Morgan fingerprint density at radius 2 is 1.45 bits per heavy atom. The van der Waals surface area contributed by atoms with Crippen molar-refractivity contribution in [2.45, 2.75) is 50.2 Å². The number of fused-ring (bicyclic) bond motifs is 1. The summed E-state index contributed by atoms with van der Waals surface area (Å²) in [5.41, 5.74) is 1.09. The molecule has 1 N–H and O–H groups in total. The summed E-state index contributed by atoms with van der Waals surface area (Å²) in [5, 5.41) is 5.25. The van der Waals surface area contributed by atoms with Crippen LogP contribution in [0.1, 0.15) is 31.9 Å². The van der Waals surface area contributed by atoms with Gasteiger partial charge in [-0.05, 0) is 66.9 Å². The highest BCUT2D eigenvalue weighted by Crippen LogP contribution is 2.23. The minimum absolute atomic E-state index is 0.0899. The van der Waals surface area contributed by atoms with Crippen LogP contribution in [-0.4, -0.2) is 54.6 Å². The van der Waals surface area contributed by atoms with Crippen LogP contribution in [0.15, 0.2) is 102 Å². The predicted octanol–water partition coefficient (Wildman–Crippen LogP) is 5.67. The van der Waals surface area contributed by atoms with E-state index in [1.54, 1.807) is 42.5 Å². The fourth-order valence-electron chi connectivity index (χ4n) is 4.67. The third kappa shape index (κ3) is 7.97. The Morgan fingerprint density at radius 1 is 0.833 bits per heavy atom. The van der Waals surface area contributed by atoms with Crippen LogP contribution in [0.2, 0.25) is 5.02 Å². The molecule has 0 saturated heterocycles. The zero-order valence-electron chi connectivity index (χ0n) is 24.2. The van der Waals surface area contributed by atoms with Crippen molar-refractivity contribution in [1.29, 1.82) is 0 Å². The maximum absolute atomic E-state index is 14.0. The number of hydrogen-bond acceptors (Lipinski definition) is 4. The lowest BCUT2D eigenvalue weighted by molar-refractivity contribution is -0.141. The van der Waals surface area contributed by atoms with E-state index in [0.717, 1.165) is 26.2 Å². The van der Waals surface area contributed by atoms with E-state index in [9.17, 15) is 18.0 Å². The molecule has 0 spiro atoms. The summed E-state index contributed by atoms with van der Waals surface area (Å²) in [5.74, 6) is -0.824. The van der Waals surface area contributed by atoms with Gasteiger partial charge in [0.05, 0.1) is 11.4 Å². The van der Waals surface area contributed by atoms with Crippen molar-refractivity contribution in [2.75, 3.05) is 13.6 Å². The Bertz CT molecular complexity index is 1650. The van der Waals surface area contributed by atoms with Gasteiger partial charge in [-0.2, -0.15) is 4.31 Å². The van der Waals surface area contributed by atoms with Crippen molar-refractivity contribution in [3.63, 3.8) is 0 Å². The molecule has 4 aromatic rings. The first-order valence-electron chi connectivity index (χ1n) is 13.7. The van der Waals surface area contributed by atoms with Crippen LogP contribution < -0.4 is 5.32 Å². The van der Waals surface area contributed by atoms with Crippen LogP contribution in [-0.2, 0) is 32.6 Å². The van der Waals surface area contributed by atoms with Gasteiger partial charge >= 0.3 is 0 Å². The first-order valence-corrected chi connectivity index (χ1v) is 15.5. The number of nitrogens with one attached hydrogen (secondary N) is 1. The maximum Gasteiger partial charge on any atom is 0.243 e. The van der Waals surface area contributed by atoms with E-state index in [-0.39, 0.29) is 23.8 Å². The van der Waals surface area contributed by atoms with Crippen LogP contribution >= 0.6 is 11.6 Å². The molecule has 0 aromatic heterocycles. The Balaban J connectivity index is 1.68. The zero-order valence-corrected chi connectivity index (χ0v) is 25.8. The van der Waals surface area contributed by atoms with Crippen molar-refractivity contribution in [3.8, 4) is 0 Å². The van der Waals surface area contributed by atoms with Crippen LogP contribution in [0.3, 0.4) is 0 Å². The highest BCUT2D eigenvalue weighted by molar-refractivity contribution is 7.89. The molecule has 1 atom stereocenters. The van der Waals surface area contributed by atoms with Gasteiger partial charge in [0.15, 0.2) is 0 Å². The highest BCUT2D eigenvalue weighted by Gasteiger charge is 2.34. The number of nitrogens with zero attached hydrogens (tertiary/aromatic N) is 2. The molecular weight excluding hydrogens is 570 g/mol. The number of halogens is 1. The molecule has 0 aliphatic heterocycles. The largest absolute Gasteiger partial charge is 0.350 e. The normalized spacial score (nSPS) is 12.7. The summed E-state index contributed by atoms with van der Waals surface area (Å²) in [4.78, 5) is 29.3. The fourth-order valence-corrected chi connectivity index (χ4v) is 5.95. The second-order valence-electron chi connectivity index (χ2n) is 11.4. The lowest BCUT2D eigenvalue weighted by atomic mass is 10.0. The number of benzene rings is 4. The number of hydrogen-bond donors (Lipinski definition) is 1. The molecule has 0 aliphatic rings. The quantitative estimate of drug-likeness (QED) is 0.252. The van der Waals surface area contributed by atoms with Gasteiger partial charge in [0.25, 0.3) is 0 Å². The summed E-state index contributed by atoms with van der Waals surface area (Å²) in [7, 11) is -2.62. The number of carbonyl (C=O) groups excluding carboxylic acids is 2. The van der Waals surface area contributed by atoms with Crippen molar-refractivity contribution < 1.29 is 18.0 Å². The molecule has 0 bridgehead atoms. The lowest BCUT2D eigenvalue weighted by Gasteiger charge is -2.34. The number of rotatable bonds is 10. The third-order valence-electron chi connectivity index (χ3n) is 6.82. The van der Waals surface area contributed by atoms with Gasteiger partial charge in [-0.1, -0.05) is 84.4 Å². The molecule has 0 fully saturated rings. The highest BCUT2D eigenvalue weighted by atomic mass is 35.5. The third-order valence-corrected chi connectivity index (χ3v) is 8.87. The Hall–Kier alpha value is -3.72. The molecule has 0 aliphatic carbocycles. The Kier molecular flexibility index (Phi) is 9.71. The molecule has 7 nitrogen and oxygen atoms in total. The van der Waals surface area contributed by atoms with E-state index in [4.69, 9.17) is 11.6 Å². The standard InChI is InChI=1S/C33H36ClN3O4S/c1-33(2,3)35-32(39)30(20-24-10-6-5-7-11-24)37(22-25-14-17-28(34)18-15-25)31(38)23-36(4)42(40,41)29-19-16-26-12-8-9-13-27(26)21-29/h5-19,21,30H,20,22-23H2,1-4H3,(H,35,39)/t30-/m0/s1. The van der Waals surface area contributed by atoms with Crippen molar-refractivity contribution in [1.82, 2.24) is 14.5 Å². The van der Waals surface area contributed by atoms with Crippen molar-refractivity contribution >= 4 is 44.2 Å². The second kappa shape index (κ2) is 13.1. The van der Waals surface area contributed by atoms with E-state index in [1.165, 1.54) is 11.9 Å². The Morgan fingerprint density at radius 3 is 2.10 bits per heavy atom. The first kappa shape index (κ1) is 31.2. The summed E-state index contributed by atoms with van der Waals surface area (Å²) in [6.07, 6.45) is 0.253. The molecule has 0 unspecified atom stereocenters. The molecule has 9 heteroatoms. The minimum Gasteiger partial charge on any atom is -0.350 e. The van der Waals surface area contributed by atoms with E-state index in [1.807, 2.05) is 75.4 Å².